The molecule has 1 saturated carbocycles. The fourth-order valence-corrected chi connectivity index (χ4v) is 6.94. The van der Waals surface area contributed by atoms with E-state index in [1.165, 1.54) is 16.2 Å². The molecule has 3 aliphatic rings. The molecule has 1 aromatic carbocycles. The lowest BCUT2D eigenvalue weighted by atomic mass is 10.0. The van der Waals surface area contributed by atoms with Gasteiger partial charge in [0.1, 0.15) is 16.9 Å². The number of nitrogens with zero attached hydrogens (tertiary/aromatic N) is 3. The number of rotatable bonds is 5. The third kappa shape index (κ3) is 4.72. The first-order valence-electron chi connectivity index (χ1n) is 12.0. The molecule has 1 N–H and O–H groups in total. The Morgan fingerprint density at radius 1 is 1.19 bits per heavy atom. The molecule has 11 heteroatoms. The Labute approximate surface area is 237 Å². The van der Waals surface area contributed by atoms with Gasteiger partial charge in [0.2, 0.25) is 11.8 Å². The van der Waals surface area contributed by atoms with Crippen LogP contribution in [0.1, 0.15) is 37.3 Å². The van der Waals surface area contributed by atoms with Gasteiger partial charge in [0.25, 0.3) is 0 Å². The molecule has 3 aromatic rings. The molecule has 198 valence electrons. The lowest BCUT2D eigenvalue weighted by molar-refractivity contribution is -0.143. The molecule has 0 radical (unpaired) electrons. The topological polar surface area (TPSA) is 84.4 Å². The Kier molecular flexibility index (Phi) is 7.81. The van der Waals surface area contributed by atoms with Crippen molar-refractivity contribution in [3.05, 3.63) is 40.0 Å². The monoisotopic (exact) mass is 582 g/mol. The van der Waals surface area contributed by atoms with E-state index < -0.39 is 0 Å². The average Bonchev–Trinajstić information content (AvgIpc) is 3.07. The standard InChI is InChI=1S/C26H27ClN4O3S.2ClH/c1-13-9-14(27)10-17(21(13)34-15-5-4-7-28-11-15)16-6-8-29-23-22(16)35-18(30-23)12-31-24(32)19-20(25(31)33)26(19,2)3;;/h6,8-10,15,19-20,28H,4-5,7,11-12H2,1-3H3;2*1H/t15-,19?,20?;;/m0../s1. The van der Waals surface area contributed by atoms with Gasteiger partial charge in [0.15, 0.2) is 5.65 Å². The van der Waals surface area contributed by atoms with Gasteiger partial charge >= 0.3 is 0 Å². The minimum atomic E-state index is -0.221. The highest BCUT2D eigenvalue weighted by molar-refractivity contribution is 7.19. The van der Waals surface area contributed by atoms with Crippen LogP contribution in [-0.2, 0) is 16.1 Å². The molecule has 37 heavy (non-hydrogen) atoms. The number of amides is 2. The minimum absolute atomic E-state index is 0. The highest BCUT2D eigenvalue weighted by atomic mass is 35.5. The number of pyridine rings is 1. The maximum atomic E-state index is 12.8. The zero-order chi connectivity index (χ0) is 24.5. The number of aromatic nitrogens is 2. The lowest BCUT2D eigenvalue weighted by Gasteiger charge is -2.26. The van der Waals surface area contributed by atoms with Crippen molar-refractivity contribution in [1.29, 1.82) is 0 Å². The number of likely N-dealkylation sites (tertiary alicyclic amines) is 1. The molecule has 2 saturated heterocycles. The summed E-state index contributed by atoms with van der Waals surface area (Å²) in [4.78, 5) is 36.1. The summed E-state index contributed by atoms with van der Waals surface area (Å²) in [5.74, 6) is 0.264. The number of nitrogens with one attached hydrogen (secondary N) is 1. The van der Waals surface area contributed by atoms with Crippen LogP contribution in [0.5, 0.6) is 5.75 Å². The van der Waals surface area contributed by atoms with Crippen molar-refractivity contribution in [2.45, 2.75) is 46.3 Å². The number of benzene rings is 1. The molecule has 2 amide bonds. The van der Waals surface area contributed by atoms with Gasteiger partial charge in [0.05, 0.1) is 23.1 Å². The van der Waals surface area contributed by atoms with E-state index in [1.807, 2.05) is 39.0 Å². The van der Waals surface area contributed by atoms with Gasteiger partial charge in [-0.3, -0.25) is 14.5 Å². The number of aryl methyl sites for hydroxylation is 1. The highest BCUT2D eigenvalue weighted by Crippen LogP contribution is 2.63. The summed E-state index contributed by atoms with van der Waals surface area (Å²) in [6.07, 6.45) is 3.91. The van der Waals surface area contributed by atoms with Crippen molar-refractivity contribution in [2.24, 2.45) is 17.3 Å². The Morgan fingerprint density at radius 2 is 1.92 bits per heavy atom. The van der Waals surface area contributed by atoms with Crippen molar-refractivity contribution >= 4 is 69.9 Å². The van der Waals surface area contributed by atoms with Crippen LogP contribution in [-0.4, -0.2) is 45.9 Å². The molecule has 0 bridgehead atoms. The van der Waals surface area contributed by atoms with Gasteiger partial charge in [-0.15, -0.1) is 36.2 Å². The molecule has 2 aromatic heterocycles. The molecule has 2 unspecified atom stereocenters. The number of thiazole rings is 1. The van der Waals surface area contributed by atoms with Crippen molar-refractivity contribution in [1.82, 2.24) is 20.2 Å². The predicted molar refractivity (Wildman–Crippen MR) is 150 cm³/mol. The maximum absolute atomic E-state index is 12.8. The number of piperidine rings is 2. The summed E-state index contributed by atoms with van der Waals surface area (Å²) in [6.45, 7) is 8.00. The molecule has 6 rings (SSSR count). The second-order valence-corrected chi connectivity index (χ2v) is 11.9. The largest absolute Gasteiger partial charge is 0.488 e. The second-order valence-electron chi connectivity index (χ2n) is 10.3. The first kappa shape index (κ1) is 28.0. The molecule has 4 heterocycles. The van der Waals surface area contributed by atoms with Gasteiger partial charge in [-0.05, 0) is 55.5 Å². The van der Waals surface area contributed by atoms with Crippen LogP contribution in [0.3, 0.4) is 0 Å². The SMILES string of the molecule is Cc1cc(Cl)cc(-c2ccnc3nc(CN4C(=O)C5C(C4=O)C5(C)C)sc23)c1O[C@H]1CCCNC1.Cl.Cl. The smallest absolute Gasteiger partial charge is 0.234 e. The summed E-state index contributed by atoms with van der Waals surface area (Å²) in [6, 6.07) is 5.80. The van der Waals surface area contributed by atoms with Gasteiger partial charge in [-0.25, -0.2) is 9.97 Å². The number of ether oxygens (including phenoxy) is 1. The predicted octanol–water partition coefficient (Wildman–Crippen LogP) is 5.44. The number of imide groups is 1. The van der Waals surface area contributed by atoms with E-state index in [4.69, 9.17) is 16.3 Å². The Hall–Kier alpha value is -1.97. The van der Waals surface area contributed by atoms with Crippen molar-refractivity contribution in [3.63, 3.8) is 0 Å². The molecule has 7 nitrogen and oxygen atoms in total. The second kappa shape index (κ2) is 10.3. The van der Waals surface area contributed by atoms with Crippen LogP contribution in [0.25, 0.3) is 21.5 Å². The van der Waals surface area contributed by atoms with Gasteiger partial charge in [-0.1, -0.05) is 25.4 Å². The average molecular weight is 584 g/mol. The Morgan fingerprint density at radius 3 is 2.59 bits per heavy atom. The molecular formula is C26H29Cl3N4O3S. The van der Waals surface area contributed by atoms with Crippen molar-refractivity contribution in [2.75, 3.05) is 13.1 Å². The molecule has 1 aliphatic carbocycles. The van der Waals surface area contributed by atoms with Gasteiger partial charge in [0, 0.05) is 28.9 Å². The van der Waals surface area contributed by atoms with E-state index in [0.717, 1.165) is 53.1 Å². The minimum Gasteiger partial charge on any atom is -0.488 e. The summed E-state index contributed by atoms with van der Waals surface area (Å²) in [5, 5.41) is 4.73. The third-order valence-corrected chi connectivity index (χ3v) is 8.87. The quantitative estimate of drug-likeness (QED) is 0.403. The van der Waals surface area contributed by atoms with E-state index in [1.54, 1.807) is 6.20 Å². The zero-order valence-electron chi connectivity index (χ0n) is 20.7. The van der Waals surface area contributed by atoms with E-state index >= 15 is 0 Å². The van der Waals surface area contributed by atoms with Crippen LogP contribution in [0, 0.1) is 24.2 Å². The summed E-state index contributed by atoms with van der Waals surface area (Å²) in [7, 11) is 0. The van der Waals surface area contributed by atoms with Crippen LogP contribution in [0.2, 0.25) is 5.02 Å². The maximum Gasteiger partial charge on any atom is 0.234 e. The summed E-state index contributed by atoms with van der Waals surface area (Å²) < 4.78 is 7.39. The number of carbonyl (C=O) groups is 2. The van der Waals surface area contributed by atoms with Crippen LogP contribution in [0.4, 0.5) is 0 Å². The fraction of sp³-hybridized carbons (Fsp3) is 0.462. The van der Waals surface area contributed by atoms with E-state index in [9.17, 15) is 9.59 Å². The third-order valence-electron chi connectivity index (χ3n) is 7.59. The van der Waals surface area contributed by atoms with Crippen LogP contribution >= 0.6 is 47.8 Å². The molecule has 2 aliphatic heterocycles. The highest BCUT2D eigenvalue weighted by Gasteiger charge is 2.72. The lowest BCUT2D eigenvalue weighted by Crippen LogP contribution is -2.37. The van der Waals surface area contributed by atoms with E-state index in [0.29, 0.717) is 15.7 Å². The first-order valence-corrected chi connectivity index (χ1v) is 13.2. The molecule has 3 atom stereocenters. The first-order chi connectivity index (χ1) is 16.8. The van der Waals surface area contributed by atoms with Crippen molar-refractivity contribution in [3.8, 4) is 16.9 Å². The van der Waals surface area contributed by atoms with E-state index in [-0.39, 0.29) is 66.5 Å². The molecular weight excluding hydrogens is 555 g/mol. The molecule has 0 spiro atoms. The zero-order valence-corrected chi connectivity index (χ0v) is 24.0. The van der Waals surface area contributed by atoms with Crippen LogP contribution in [0.15, 0.2) is 24.4 Å². The number of hydrogen-bond donors (Lipinski definition) is 1. The van der Waals surface area contributed by atoms with Gasteiger partial charge in [-0.2, -0.15) is 0 Å². The summed E-state index contributed by atoms with van der Waals surface area (Å²) in [5.41, 5.74) is 3.19. The number of halogens is 3. The number of carbonyl (C=O) groups excluding carboxylic acids is 2. The summed E-state index contributed by atoms with van der Waals surface area (Å²) >= 11 is 7.94. The Balaban J connectivity index is 0.00000160. The van der Waals surface area contributed by atoms with Crippen molar-refractivity contribution < 1.29 is 14.3 Å². The number of fused-ring (bicyclic) bond motifs is 2. The fourth-order valence-electron chi connectivity index (χ4n) is 5.62. The number of hydrogen-bond acceptors (Lipinski definition) is 7. The Bertz CT molecular complexity index is 1350. The van der Waals surface area contributed by atoms with Gasteiger partial charge < -0.3 is 10.1 Å². The molecule has 3 fully saturated rings. The normalized spacial score (nSPS) is 23.9. The van der Waals surface area contributed by atoms with E-state index in [2.05, 4.69) is 15.3 Å². The van der Waals surface area contributed by atoms with Crippen LogP contribution < -0.4 is 10.1 Å².